The SMILES string of the molecule is CC(C)Oc1ccc(-c2nc3ccc(F)cn3c2N)cc1. The van der Waals surface area contributed by atoms with Gasteiger partial charge in [-0.05, 0) is 50.2 Å². The maximum atomic E-state index is 13.3. The van der Waals surface area contributed by atoms with Gasteiger partial charge in [-0.15, -0.1) is 0 Å². The van der Waals surface area contributed by atoms with E-state index >= 15 is 0 Å². The van der Waals surface area contributed by atoms with Gasteiger partial charge in [0.2, 0.25) is 0 Å². The standard InChI is InChI=1S/C16H16FN3O/c1-10(2)21-13-6-3-11(4-7-13)15-16(18)20-9-12(17)5-8-14(20)19-15/h3-10H,18H2,1-2H3. The Hall–Kier alpha value is -2.56. The number of nitrogens with two attached hydrogens (primary N) is 1. The summed E-state index contributed by atoms with van der Waals surface area (Å²) in [5.74, 6) is 0.864. The van der Waals surface area contributed by atoms with Gasteiger partial charge in [-0.2, -0.15) is 0 Å². The topological polar surface area (TPSA) is 52.5 Å². The molecule has 3 aromatic rings. The first kappa shape index (κ1) is 13.4. The molecular formula is C16H16FN3O. The largest absolute Gasteiger partial charge is 0.491 e. The summed E-state index contributed by atoms with van der Waals surface area (Å²) in [7, 11) is 0. The van der Waals surface area contributed by atoms with E-state index in [9.17, 15) is 4.39 Å². The van der Waals surface area contributed by atoms with Gasteiger partial charge in [0.1, 0.15) is 28.7 Å². The summed E-state index contributed by atoms with van der Waals surface area (Å²) in [4.78, 5) is 4.44. The Labute approximate surface area is 122 Å². The van der Waals surface area contributed by atoms with E-state index < -0.39 is 0 Å². The van der Waals surface area contributed by atoms with E-state index in [1.165, 1.54) is 12.3 Å². The van der Waals surface area contributed by atoms with Crippen LogP contribution in [0.2, 0.25) is 0 Å². The summed E-state index contributed by atoms with van der Waals surface area (Å²) >= 11 is 0. The fraction of sp³-hybridized carbons (Fsp3) is 0.188. The summed E-state index contributed by atoms with van der Waals surface area (Å²) in [6.45, 7) is 3.95. The van der Waals surface area contributed by atoms with Crippen molar-refractivity contribution in [2.45, 2.75) is 20.0 Å². The number of rotatable bonds is 3. The van der Waals surface area contributed by atoms with Crippen molar-refractivity contribution in [1.82, 2.24) is 9.38 Å². The Balaban J connectivity index is 2.02. The molecule has 2 aromatic heterocycles. The fourth-order valence-electron chi connectivity index (χ4n) is 2.21. The van der Waals surface area contributed by atoms with Gasteiger partial charge in [0, 0.05) is 11.8 Å². The molecule has 0 atom stereocenters. The summed E-state index contributed by atoms with van der Waals surface area (Å²) in [5, 5.41) is 0. The molecule has 21 heavy (non-hydrogen) atoms. The van der Waals surface area contributed by atoms with Crippen LogP contribution in [0.25, 0.3) is 16.9 Å². The summed E-state index contributed by atoms with van der Waals surface area (Å²) in [6.07, 6.45) is 1.45. The van der Waals surface area contributed by atoms with Crippen molar-refractivity contribution in [3.8, 4) is 17.0 Å². The number of anilines is 1. The van der Waals surface area contributed by atoms with Crippen LogP contribution in [-0.4, -0.2) is 15.5 Å². The lowest BCUT2D eigenvalue weighted by Crippen LogP contribution is -2.05. The number of ether oxygens (including phenoxy) is 1. The van der Waals surface area contributed by atoms with Crippen molar-refractivity contribution < 1.29 is 9.13 Å². The van der Waals surface area contributed by atoms with E-state index in [2.05, 4.69) is 4.98 Å². The number of nitrogen functional groups attached to an aromatic ring is 1. The number of aromatic nitrogens is 2. The number of fused-ring (bicyclic) bond motifs is 1. The smallest absolute Gasteiger partial charge is 0.140 e. The van der Waals surface area contributed by atoms with E-state index in [-0.39, 0.29) is 11.9 Å². The van der Waals surface area contributed by atoms with Crippen molar-refractivity contribution >= 4 is 11.5 Å². The van der Waals surface area contributed by atoms with Gasteiger partial charge in [0.05, 0.1) is 6.10 Å². The van der Waals surface area contributed by atoms with Crippen molar-refractivity contribution in [1.29, 1.82) is 0 Å². The van der Waals surface area contributed by atoms with Crippen LogP contribution < -0.4 is 10.5 Å². The van der Waals surface area contributed by atoms with Crippen LogP contribution in [0.5, 0.6) is 5.75 Å². The number of hydrogen-bond acceptors (Lipinski definition) is 3. The molecule has 1 aromatic carbocycles. The Morgan fingerprint density at radius 1 is 1.14 bits per heavy atom. The van der Waals surface area contributed by atoms with Crippen molar-refractivity contribution in [3.63, 3.8) is 0 Å². The highest BCUT2D eigenvalue weighted by atomic mass is 19.1. The summed E-state index contributed by atoms with van der Waals surface area (Å²) in [6, 6.07) is 10.5. The van der Waals surface area contributed by atoms with Gasteiger partial charge in [-0.3, -0.25) is 4.40 Å². The van der Waals surface area contributed by atoms with Crippen molar-refractivity contribution in [2.24, 2.45) is 0 Å². The second-order valence-corrected chi connectivity index (χ2v) is 5.11. The number of pyridine rings is 1. The summed E-state index contributed by atoms with van der Waals surface area (Å²) in [5.41, 5.74) is 8.18. The van der Waals surface area contributed by atoms with Gasteiger partial charge >= 0.3 is 0 Å². The minimum atomic E-state index is -0.348. The lowest BCUT2D eigenvalue weighted by molar-refractivity contribution is 0.242. The normalized spacial score (nSPS) is 11.2. The van der Waals surface area contributed by atoms with Gasteiger partial charge in [-0.1, -0.05) is 0 Å². The molecule has 0 saturated carbocycles. The zero-order valence-electron chi connectivity index (χ0n) is 11.9. The first-order valence-corrected chi connectivity index (χ1v) is 6.75. The molecule has 4 nitrogen and oxygen atoms in total. The maximum Gasteiger partial charge on any atom is 0.140 e. The second kappa shape index (κ2) is 5.09. The Bertz CT molecular complexity index is 778. The minimum Gasteiger partial charge on any atom is -0.491 e. The van der Waals surface area contributed by atoms with E-state index in [0.29, 0.717) is 17.2 Å². The number of imidazole rings is 1. The zero-order chi connectivity index (χ0) is 15.0. The molecule has 0 aliphatic carbocycles. The van der Waals surface area contributed by atoms with Crippen LogP contribution in [0.3, 0.4) is 0 Å². The Kier molecular flexibility index (Phi) is 3.25. The van der Waals surface area contributed by atoms with Crippen LogP contribution in [-0.2, 0) is 0 Å². The van der Waals surface area contributed by atoms with E-state index in [1.54, 1.807) is 10.5 Å². The number of halogens is 1. The third-order valence-electron chi connectivity index (χ3n) is 3.12. The molecule has 0 radical (unpaired) electrons. The molecule has 108 valence electrons. The quantitative estimate of drug-likeness (QED) is 0.801. The van der Waals surface area contributed by atoms with Crippen LogP contribution in [0, 0.1) is 5.82 Å². The highest BCUT2D eigenvalue weighted by molar-refractivity contribution is 5.75. The zero-order valence-corrected chi connectivity index (χ0v) is 11.9. The molecule has 3 rings (SSSR count). The van der Waals surface area contributed by atoms with Crippen LogP contribution in [0.4, 0.5) is 10.2 Å². The molecule has 0 amide bonds. The Morgan fingerprint density at radius 2 is 1.86 bits per heavy atom. The van der Waals surface area contributed by atoms with Gasteiger partial charge in [0.15, 0.2) is 0 Å². The molecule has 0 bridgehead atoms. The molecule has 2 N–H and O–H groups in total. The monoisotopic (exact) mass is 285 g/mol. The van der Waals surface area contributed by atoms with Crippen LogP contribution in [0.1, 0.15) is 13.8 Å². The number of nitrogens with zero attached hydrogens (tertiary/aromatic N) is 2. The maximum absolute atomic E-state index is 13.3. The van der Waals surface area contributed by atoms with E-state index in [4.69, 9.17) is 10.5 Å². The lowest BCUT2D eigenvalue weighted by Gasteiger charge is -2.09. The highest BCUT2D eigenvalue weighted by Gasteiger charge is 2.12. The molecule has 0 fully saturated rings. The molecule has 0 spiro atoms. The average Bonchev–Trinajstić information content (AvgIpc) is 2.76. The van der Waals surface area contributed by atoms with Gasteiger partial charge < -0.3 is 10.5 Å². The first-order valence-electron chi connectivity index (χ1n) is 6.75. The number of hydrogen-bond donors (Lipinski definition) is 1. The first-order chi connectivity index (χ1) is 10.0. The lowest BCUT2D eigenvalue weighted by atomic mass is 10.1. The molecule has 0 unspecified atom stereocenters. The molecule has 0 saturated heterocycles. The van der Waals surface area contributed by atoms with Gasteiger partial charge in [0.25, 0.3) is 0 Å². The summed E-state index contributed by atoms with van der Waals surface area (Å²) < 4.78 is 20.4. The highest BCUT2D eigenvalue weighted by Crippen LogP contribution is 2.28. The predicted octanol–water partition coefficient (Wildman–Crippen LogP) is 3.51. The molecule has 0 aliphatic heterocycles. The van der Waals surface area contributed by atoms with Crippen molar-refractivity contribution in [3.05, 3.63) is 48.4 Å². The third kappa shape index (κ3) is 2.54. The van der Waals surface area contributed by atoms with Crippen molar-refractivity contribution in [2.75, 3.05) is 5.73 Å². The van der Waals surface area contributed by atoms with E-state index in [0.717, 1.165) is 11.3 Å². The van der Waals surface area contributed by atoms with Crippen LogP contribution >= 0.6 is 0 Å². The average molecular weight is 285 g/mol. The van der Waals surface area contributed by atoms with Gasteiger partial charge in [-0.25, -0.2) is 9.37 Å². The number of benzene rings is 1. The molecular weight excluding hydrogens is 269 g/mol. The van der Waals surface area contributed by atoms with Crippen LogP contribution in [0.15, 0.2) is 42.6 Å². The Morgan fingerprint density at radius 3 is 2.52 bits per heavy atom. The molecule has 0 aliphatic rings. The third-order valence-corrected chi connectivity index (χ3v) is 3.12. The second-order valence-electron chi connectivity index (χ2n) is 5.11. The van der Waals surface area contributed by atoms with E-state index in [1.807, 2.05) is 38.1 Å². The minimum absolute atomic E-state index is 0.124. The fourth-order valence-corrected chi connectivity index (χ4v) is 2.21. The predicted molar refractivity (Wildman–Crippen MR) is 80.8 cm³/mol. The molecule has 2 heterocycles. The molecule has 5 heteroatoms.